The zero-order valence-electron chi connectivity index (χ0n) is 15.2. The van der Waals surface area contributed by atoms with Gasteiger partial charge in [-0.3, -0.25) is 0 Å². The average molecular weight is 416 g/mol. The van der Waals surface area contributed by atoms with E-state index >= 15 is 0 Å². The number of imidazole rings is 1. The number of nitrogens with zero attached hydrogens (tertiary/aromatic N) is 2. The number of methoxy groups -OCH3 is 1. The minimum atomic E-state index is 0.0784. The molecule has 26 heavy (non-hydrogen) atoms. The normalized spacial score (nSPS) is 12.1. The molecule has 3 rings (SSSR count). The van der Waals surface area contributed by atoms with Crippen molar-refractivity contribution in [3.8, 4) is 5.75 Å². The van der Waals surface area contributed by atoms with Crippen LogP contribution < -0.4 is 13.8 Å². The molecule has 0 aliphatic carbocycles. The van der Waals surface area contributed by atoms with E-state index in [0.717, 1.165) is 17.6 Å². The Kier molecular flexibility index (Phi) is 6.89. The molecule has 1 unspecified atom stereocenters. The van der Waals surface area contributed by atoms with Gasteiger partial charge in [0, 0.05) is 0 Å². The Morgan fingerprint density at radius 3 is 2.69 bits per heavy atom. The van der Waals surface area contributed by atoms with E-state index in [0.29, 0.717) is 21.6 Å². The third kappa shape index (κ3) is 5.46. The van der Waals surface area contributed by atoms with Gasteiger partial charge in [0.2, 0.25) is 0 Å². The Bertz CT molecular complexity index is 805. The van der Waals surface area contributed by atoms with Gasteiger partial charge >= 0.3 is 161 Å². The fraction of sp³-hybridized carbons (Fsp3) is 0.286. The van der Waals surface area contributed by atoms with Gasteiger partial charge in [0.25, 0.3) is 0 Å². The van der Waals surface area contributed by atoms with Crippen molar-refractivity contribution in [1.82, 2.24) is 4.57 Å². The summed E-state index contributed by atoms with van der Waals surface area (Å²) in [7, 11) is 3.73. The van der Waals surface area contributed by atoms with E-state index in [2.05, 4.69) is 59.6 Å². The second-order valence-electron chi connectivity index (χ2n) is 6.08. The Hall–Kier alpha value is -2.07. The fourth-order valence-corrected chi connectivity index (χ4v) is 4.77. The van der Waals surface area contributed by atoms with E-state index in [4.69, 9.17) is 9.47 Å². The van der Waals surface area contributed by atoms with Crippen LogP contribution in [0.5, 0.6) is 5.75 Å². The Morgan fingerprint density at radius 1 is 1.12 bits per heavy atom. The molecule has 0 saturated heterocycles. The van der Waals surface area contributed by atoms with E-state index in [1.165, 1.54) is 10.0 Å². The zero-order chi connectivity index (χ0) is 18.2. The van der Waals surface area contributed by atoms with E-state index < -0.39 is 0 Å². The van der Waals surface area contributed by atoms with Crippen LogP contribution in [-0.2, 0) is 18.3 Å². The predicted octanol–water partition coefficient (Wildman–Crippen LogP) is 2.53. The Morgan fingerprint density at radius 2 is 1.96 bits per heavy atom. The molecule has 0 aliphatic rings. The summed E-state index contributed by atoms with van der Waals surface area (Å²) in [6.07, 6.45) is 6.25. The molecule has 2 aromatic carbocycles. The standard InChI is InChI=1S/C21H25N2O2Se/c1-22-11-12-23(17-22)13-14-25-21(16-26-20-9-4-3-5-10-20)18-7-6-8-19(15-18)24-2/h3-12,15,17,21H,13-14,16H2,1-2H3/q+1. The summed E-state index contributed by atoms with van der Waals surface area (Å²) in [5.41, 5.74) is 1.18. The monoisotopic (exact) mass is 417 g/mol. The number of ether oxygens (including phenoxy) is 2. The molecule has 0 radical (unpaired) electrons. The van der Waals surface area contributed by atoms with Gasteiger partial charge in [0.05, 0.1) is 0 Å². The number of aromatic nitrogens is 2. The van der Waals surface area contributed by atoms with Crippen LogP contribution in [-0.4, -0.2) is 33.2 Å². The van der Waals surface area contributed by atoms with Crippen LogP contribution in [0.3, 0.4) is 0 Å². The molecule has 3 aromatic rings. The second-order valence-corrected chi connectivity index (χ2v) is 8.37. The van der Waals surface area contributed by atoms with Crippen LogP contribution in [0.15, 0.2) is 73.3 Å². The molecule has 0 N–H and O–H groups in total. The molecule has 1 heterocycles. The SMILES string of the molecule is COc1cccc(C(C[Se]c2ccccc2)OCCn2cc[n+](C)c2)c1. The van der Waals surface area contributed by atoms with E-state index in [-0.39, 0.29) is 6.10 Å². The summed E-state index contributed by atoms with van der Waals surface area (Å²) in [6, 6.07) is 18.9. The third-order valence-electron chi connectivity index (χ3n) is 4.10. The Balaban J connectivity index is 1.65. The molecule has 4 nitrogen and oxygen atoms in total. The summed E-state index contributed by atoms with van der Waals surface area (Å²) in [5.74, 6) is 0.876. The molecule has 1 aromatic heterocycles. The topological polar surface area (TPSA) is 27.3 Å². The van der Waals surface area contributed by atoms with Gasteiger partial charge in [-0.2, -0.15) is 0 Å². The summed E-state index contributed by atoms with van der Waals surface area (Å²) < 4.78 is 17.3. The van der Waals surface area contributed by atoms with Crippen molar-refractivity contribution in [3.05, 3.63) is 78.9 Å². The van der Waals surface area contributed by atoms with Crippen molar-refractivity contribution < 1.29 is 14.0 Å². The molecule has 5 heteroatoms. The quantitative estimate of drug-likeness (QED) is 0.396. The first-order chi connectivity index (χ1) is 12.7. The van der Waals surface area contributed by atoms with Gasteiger partial charge in [-0.1, -0.05) is 0 Å². The van der Waals surface area contributed by atoms with Crippen molar-refractivity contribution >= 4 is 19.4 Å². The number of rotatable bonds is 9. The van der Waals surface area contributed by atoms with Crippen molar-refractivity contribution in [3.63, 3.8) is 0 Å². The average Bonchev–Trinajstić information content (AvgIpc) is 3.10. The predicted molar refractivity (Wildman–Crippen MR) is 104 cm³/mol. The second kappa shape index (κ2) is 9.58. The summed E-state index contributed by atoms with van der Waals surface area (Å²) in [6.45, 7) is 1.53. The fourth-order valence-electron chi connectivity index (χ4n) is 2.71. The number of aryl methyl sites for hydroxylation is 1. The molecule has 0 spiro atoms. The summed E-state index contributed by atoms with van der Waals surface area (Å²) >= 11 is 0.370. The maximum atomic E-state index is 6.29. The third-order valence-corrected chi connectivity index (χ3v) is 6.36. The van der Waals surface area contributed by atoms with Crippen molar-refractivity contribution in [2.45, 2.75) is 18.0 Å². The molecule has 0 saturated carbocycles. The Labute approximate surface area is 161 Å². The van der Waals surface area contributed by atoms with E-state index in [9.17, 15) is 0 Å². The van der Waals surface area contributed by atoms with Crippen molar-refractivity contribution in [2.75, 3.05) is 13.7 Å². The number of hydrogen-bond donors (Lipinski definition) is 0. The minimum absolute atomic E-state index is 0.0784. The first-order valence-corrected chi connectivity index (χ1v) is 10.8. The van der Waals surface area contributed by atoms with Crippen LogP contribution in [0.4, 0.5) is 0 Å². The van der Waals surface area contributed by atoms with Gasteiger partial charge in [-0.05, 0) is 0 Å². The van der Waals surface area contributed by atoms with Gasteiger partial charge in [0.1, 0.15) is 0 Å². The van der Waals surface area contributed by atoms with E-state index in [1.807, 2.05) is 29.9 Å². The van der Waals surface area contributed by atoms with Crippen LogP contribution in [0.25, 0.3) is 0 Å². The van der Waals surface area contributed by atoms with Crippen LogP contribution in [0, 0.1) is 0 Å². The summed E-state index contributed by atoms with van der Waals surface area (Å²) in [5, 5.41) is 1.00. The van der Waals surface area contributed by atoms with Gasteiger partial charge in [-0.25, -0.2) is 0 Å². The molecule has 136 valence electrons. The van der Waals surface area contributed by atoms with Crippen LogP contribution >= 0.6 is 0 Å². The van der Waals surface area contributed by atoms with Crippen LogP contribution in [0.2, 0.25) is 5.32 Å². The molecule has 0 bridgehead atoms. The zero-order valence-corrected chi connectivity index (χ0v) is 17.0. The molecule has 0 amide bonds. The number of benzene rings is 2. The number of hydrogen-bond acceptors (Lipinski definition) is 2. The van der Waals surface area contributed by atoms with Crippen LogP contribution in [0.1, 0.15) is 11.7 Å². The maximum absolute atomic E-state index is 6.29. The van der Waals surface area contributed by atoms with Crippen molar-refractivity contribution in [1.29, 1.82) is 0 Å². The van der Waals surface area contributed by atoms with E-state index in [1.54, 1.807) is 7.11 Å². The van der Waals surface area contributed by atoms with Gasteiger partial charge < -0.3 is 0 Å². The molecule has 0 aliphatic heterocycles. The van der Waals surface area contributed by atoms with Crippen molar-refractivity contribution in [2.24, 2.45) is 7.05 Å². The molecular weight excluding hydrogens is 391 g/mol. The van der Waals surface area contributed by atoms with Gasteiger partial charge in [0.15, 0.2) is 0 Å². The summed E-state index contributed by atoms with van der Waals surface area (Å²) in [4.78, 5) is 0. The van der Waals surface area contributed by atoms with Gasteiger partial charge in [-0.15, -0.1) is 0 Å². The first kappa shape index (κ1) is 18.7. The molecule has 0 fully saturated rings. The first-order valence-electron chi connectivity index (χ1n) is 8.69. The molecular formula is C21H25N2O2Se+. The molecule has 1 atom stereocenters.